The molecule has 0 bridgehead atoms. The molecular weight excluding hydrogens is 358 g/mol. The molecular formula is C14H18NO9S-. The van der Waals surface area contributed by atoms with E-state index in [0.717, 1.165) is 0 Å². The van der Waals surface area contributed by atoms with Crippen molar-refractivity contribution in [2.24, 2.45) is 0 Å². The van der Waals surface area contributed by atoms with Crippen molar-refractivity contribution >= 4 is 16.3 Å². The number of amides is 1. The van der Waals surface area contributed by atoms with Crippen molar-refractivity contribution in [1.82, 2.24) is 5.32 Å². The molecule has 11 heteroatoms. The third-order valence-electron chi connectivity index (χ3n) is 3.45. The molecule has 1 heterocycles. The van der Waals surface area contributed by atoms with Crippen LogP contribution in [0, 0.1) is 0 Å². The summed E-state index contributed by atoms with van der Waals surface area (Å²) in [6.07, 6.45) is -6.02. The largest absolute Gasteiger partial charge is 0.726 e. The number of rotatable bonds is 6. The minimum atomic E-state index is -5.18. The molecule has 5 atom stereocenters. The number of aliphatic hydroxyl groups is 2. The van der Waals surface area contributed by atoms with Crippen LogP contribution in [0.5, 0.6) is 5.75 Å². The summed E-state index contributed by atoms with van der Waals surface area (Å²) in [6.45, 7) is 0.420. The maximum atomic E-state index is 11.4. The van der Waals surface area contributed by atoms with Gasteiger partial charge in [0.1, 0.15) is 30.1 Å². The maximum Gasteiger partial charge on any atom is 0.223 e. The number of para-hydroxylation sites is 1. The summed E-state index contributed by atoms with van der Waals surface area (Å²) in [5.41, 5.74) is 0. The number of benzene rings is 1. The molecule has 0 aliphatic carbocycles. The first-order chi connectivity index (χ1) is 11.7. The van der Waals surface area contributed by atoms with Gasteiger partial charge in [0.25, 0.3) is 0 Å². The second-order valence-electron chi connectivity index (χ2n) is 5.34. The van der Waals surface area contributed by atoms with Gasteiger partial charge in [-0.25, -0.2) is 8.42 Å². The quantitative estimate of drug-likeness (QED) is 0.397. The van der Waals surface area contributed by atoms with Crippen molar-refractivity contribution in [3.8, 4) is 5.75 Å². The van der Waals surface area contributed by atoms with Crippen LogP contribution >= 0.6 is 0 Å². The van der Waals surface area contributed by atoms with Gasteiger partial charge in [-0.15, -0.1) is 0 Å². The van der Waals surface area contributed by atoms with Crippen LogP contribution in [0.25, 0.3) is 0 Å². The zero-order valence-electron chi connectivity index (χ0n) is 13.1. The van der Waals surface area contributed by atoms with Crippen LogP contribution in [-0.2, 0) is 24.1 Å². The lowest BCUT2D eigenvalue weighted by Crippen LogP contribution is -2.66. The van der Waals surface area contributed by atoms with E-state index in [0.29, 0.717) is 5.75 Å². The van der Waals surface area contributed by atoms with Gasteiger partial charge in [-0.3, -0.25) is 8.98 Å². The van der Waals surface area contributed by atoms with Crippen molar-refractivity contribution in [2.45, 2.75) is 37.6 Å². The highest BCUT2D eigenvalue weighted by molar-refractivity contribution is 7.80. The first-order valence-electron chi connectivity index (χ1n) is 7.28. The Hall–Kier alpha value is -1.76. The Kier molecular flexibility index (Phi) is 6.32. The molecule has 1 fully saturated rings. The summed E-state index contributed by atoms with van der Waals surface area (Å²) in [5.74, 6) is -0.206. The Morgan fingerprint density at radius 2 is 2.00 bits per heavy atom. The van der Waals surface area contributed by atoms with E-state index in [1.807, 2.05) is 0 Å². The molecule has 1 saturated heterocycles. The van der Waals surface area contributed by atoms with Gasteiger partial charge >= 0.3 is 0 Å². The lowest BCUT2D eigenvalue weighted by atomic mass is 9.97. The zero-order valence-corrected chi connectivity index (χ0v) is 14.0. The van der Waals surface area contributed by atoms with Crippen LogP contribution in [0.2, 0.25) is 0 Å². The summed E-state index contributed by atoms with van der Waals surface area (Å²) in [7, 11) is -5.18. The van der Waals surface area contributed by atoms with E-state index in [1.54, 1.807) is 30.3 Å². The summed E-state index contributed by atoms with van der Waals surface area (Å²) < 4.78 is 47.8. The Morgan fingerprint density at radius 3 is 2.52 bits per heavy atom. The number of nitrogens with one attached hydrogen (secondary N) is 1. The van der Waals surface area contributed by atoms with Crippen molar-refractivity contribution < 1.29 is 41.6 Å². The summed E-state index contributed by atoms with van der Waals surface area (Å²) in [5, 5.41) is 22.1. The fourth-order valence-corrected chi connectivity index (χ4v) is 2.95. The summed E-state index contributed by atoms with van der Waals surface area (Å²) in [4.78, 5) is 11.4. The van der Waals surface area contributed by atoms with Gasteiger partial charge in [-0.05, 0) is 12.1 Å². The van der Waals surface area contributed by atoms with E-state index in [1.165, 1.54) is 6.92 Å². The van der Waals surface area contributed by atoms with Gasteiger partial charge in [0, 0.05) is 6.92 Å². The van der Waals surface area contributed by atoms with E-state index in [2.05, 4.69) is 9.50 Å². The monoisotopic (exact) mass is 376 g/mol. The Labute approximate surface area is 144 Å². The van der Waals surface area contributed by atoms with Gasteiger partial charge in [-0.2, -0.15) is 0 Å². The van der Waals surface area contributed by atoms with Gasteiger partial charge in [-0.1, -0.05) is 18.2 Å². The fourth-order valence-electron chi connectivity index (χ4n) is 2.44. The number of hydrogen-bond donors (Lipinski definition) is 3. The molecule has 3 N–H and O–H groups in total. The second-order valence-corrected chi connectivity index (χ2v) is 6.35. The van der Waals surface area contributed by atoms with E-state index in [4.69, 9.17) is 9.47 Å². The second kappa shape index (κ2) is 8.08. The number of hydrogen-bond acceptors (Lipinski definition) is 9. The van der Waals surface area contributed by atoms with Crippen LogP contribution < -0.4 is 10.1 Å². The van der Waals surface area contributed by atoms with Crippen molar-refractivity contribution in [1.29, 1.82) is 0 Å². The Balaban J connectivity index is 2.27. The lowest BCUT2D eigenvalue weighted by molar-refractivity contribution is -0.239. The summed E-state index contributed by atoms with van der Waals surface area (Å²) >= 11 is 0. The van der Waals surface area contributed by atoms with Crippen LogP contribution in [-0.4, -0.2) is 66.3 Å². The zero-order chi connectivity index (χ0) is 18.6. The van der Waals surface area contributed by atoms with E-state index >= 15 is 0 Å². The topological polar surface area (TPSA) is 154 Å². The van der Waals surface area contributed by atoms with Crippen LogP contribution in [0.15, 0.2) is 30.3 Å². The molecule has 1 aromatic rings. The first-order valence-corrected chi connectivity index (χ1v) is 8.62. The molecule has 10 nitrogen and oxygen atoms in total. The van der Waals surface area contributed by atoms with Crippen molar-refractivity contribution in [2.75, 3.05) is 6.61 Å². The van der Waals surface area contributed by atoms with E-state index < -0.39 is 53.6 Å². The number of carbonyl (C=O) groups excluding carboxylic acids is 1. The first kappa shape index (κ1) is 19.6. The van der Waals surface area contributed by atoms with Crippen molar-refractivity contribution in [3.05, 3.63) is 30.3 Å². The molecule has 0 aromatic heterocycles. The normalized spacial score (nSPS) is 29.8. The SMILES string of the molecule is CC(=O)NC1C(Oc2ccccc2)OC(CO)[C@H](OS(=O)(=O)[O-])[C@@H]1O. The number of carbonyl (C=O) groups is 1. The minimum Gasteiger partial charge on any atom is -0.726 e. The summed E-state index contributed by atoms with van der Waals surface area (Å²) in [6, 6.07) is 7.06. The van der Waals surface area contributed by atoms with E-state index in [-0.39, 0.29) is 0 Å². The molecule has 1 amide bonds. The molecule has 0 radical (unpaired) electrons. The Bertz CT molecular complexity index is 681. The fraction of sp³-hybridized carbons (Fsp3) is 0.500. The number of ether oxygens (including phenoxy) is 2. The van der Waals surface area contributed by atoms with Crippen LogP contribution in [0.1, 0.15) is 6.92 Å². The highest BCUT2D eigenvalue weighted by Gasteiger charge is 2.48. The predicted octanol–water partition coefficient (Wildman–Crippen LogP) is -1.51. The van der Waals surface area contributed by atoms with Gasteiger partial charge < -0.3 is 29.6 Å². The van der Waals surface area contributed by atoms with E-state index in [9.17, 15) is 28.0 Å². The molecule has 140 valence electrons. The predicted molar refractivity (Wildman–Crippen MR) is 81.0 cm³/mol. The smallest absolute Gasteiger partial charge is 0.223 e. The lowest BCUT2D eigenvalue weighted by Gasteiger charge is -2.43. The number of aliphatic hydroxyl groups excluding tert-OH is 2. The van der Waals surface area contributed by atoms with Gasteiger partial charge in [0.2, 0.25) is 22.6 Å². The van der Waals surface area contributed by atoms with Gasteiger partial charge in [0.05, 0.1) is 6.61 Å². The molecule has 0 saturated carbocycles. The molecule has 2 rings (SSSR count). The highest BCUT2D eigenvalue weighted by atomic mass is 32.3. The van der Waals surface area contributed by atoms with Crippen LogP contribution in [0.3, 0.4) is 0 Å². The average molecular weight is 376 g/mol. The highest BCUT2D eigenvalue weighted by Crippen LogP contribution is 2.27. The molecule has 25 heavy (non-hydrogen) atoms. The molecule has 0 spiro atoms. The molecule has 1 aliphatic heterocycles. The van der Waals surface area contributed by atoms with Gasteiger partial charge in [0.15, 0.2) is 0 Å². The van der Waals surface area contributed by atoms with Crippen molar-refractivity contribution in [3.63, 3.8) is 0 Å². The molecule has 3 unspecified atom stereocenters. The Morgan fingerprint density at radius 1 is 1.36 bits per heavy atom. The van der Waals surface area contributed by atoms with Crippen LogP contribution in [0.4, 0.5) is 0 Å². The standard InChI is InChI=1S/C14H19NO9S/c1-8(17)15-11-12(18)13(24-25(19,20)21)10(7-16)23-14(11)22-9-5-3-2-4-6-9/h2-6,10-14,16,18H,7H2,1H3,(H,15,17)(H,19,20,21)/p-1/t10?,11?,12-,13+,14?/m1/s1. The minimum absolute atomic E-state index is 0.350. The third-order valence-corrected chi connectivity index (χ3v) is 3.91. The third kappa shape index (κ3) is 5.36. The molecule has 1 aromatic carbocycles. The molecule has 1 aliphatic rings. The maximum absolute atomic E-state index is 11.4. The average Bonchev–Trinajstić information content (AvgIpc) is 2.53.